The number of nitrogens with one attached hydrogen (secondary N) is 2. The average Bonchev–Trinajstić information content (AvgIpc) is 3.13. The van der Waals surface area contributed by atoms with Gasteiger partial charge in [0, 0.05) is 31.9 Å². The molecule has 0 spiro atoms. The van der Waals surface area contributed by atoms with Crippen LogP contribution in [0.1, 0.15) is 0 Å². The number of hydrogen-bond acceptors (Lipinski definition) is 5. The van der Waals surface area contributed by atoms with Crippen molar-refractivity contribution >= 4 is 45.2 Å². The highest BCUT2D eigenvalue weighted by molar-refractivity contribution is 7.13. The minimum absolute atomic E-state index is 0.00661. The van der Waals surface area contributed by atoms with Crippen LogP contribution in [0.4, 0.5) is 10.5 Å². The third-order valence-corrected chi connectivity index (χ3v) is 6.32. The van der Waals surface area contributed by atoms with Gasteiger partial charge in [0.2, 0.25) is 11.8 Å². The van der Waals surface area contributed by atoms with Crippen LogP contribution in [-0.4, -0.2) is 64.3 Å². The van der Waals surface area contributed by atoms with Gasteiger partial charge in [-0.05, 0) is 24.3 Å². The van der Waals surface area contributed by atoms with Gasteiger partial charge in [-0.15, -0.1) is 0 Å². The van der Waals surface area contributed by atoms with E-state index in [1.165, 1.54) is 15.5 Å². The summed E-state index contributed by atoms with van der Waals surface area (Å²) in [7, 11) is 0. The molecule has 3 aromatic rings. The van der Waals surface area contributed by atoms with Crippen molar-refractivity contribution in [2.45, 2.75) is 6.54 Å². The topological polar surface area (TPSA) is 104 Å². The molecule has 1 aliphatic heterocycles. The van der Waals surface area contributed by atoms with Crippen LogP contribution in [0.3, 0.4) is 0 Å². The Hall–Kier alpha value is -3.66. The van der Waals surface area contributed by atoms with Crippen LogP contribution < -0.4 is 16.2 Å². The number of carbonyl (C=O) groups excluding carboxylic acids is 3. The highest BCUT2D eigenvalue weighted by Crippen LogP contribution is 2.16. The first-order valence-electron chi connectivity index (χ1n) is 10.3. The van der Waals surface area contributed by atoms with Crippen LogP contribution in [0, 0.1) is 0 Å². The van der Waals surface area contributed by atoms with Crippen molar-refractivity contribution in [3.8, 4) is 0 Å². The lowest BCUT2D eigenvalue weighted by Crippen LogP contribution is -2.53. The summed E-state index contributed by atoms with van der Waals surface area (Å²) >= 11 is 1.28. The molecular formula is C22H23N5O4S. The summed E-state index contributed by atoms with van der Waals surface area (Å²) in [5, 5.41) is 5.83. The molecule has 4 rings (SSSR count). The number of benzene rings is 2. The molecule has 1 aliphatic rings. The summed E-state index contributed by atoms with van der Waals surface area (Å²) in [6, 6.07) is 15.8. The van der Waals surface area contributed by atoms with Gasteiger partial charge >= 0.3 is 6.03 Å². The molecule has 2 heterocycles. The van der Waals surface area contributed by atoms with E-state index >= 15 is 0 Å². The van der Waals surface area contributed by atoms with E-state index in [1.807, 2.05) is 18.2 Å². The lowest BCUT2D eigenvalue weighted by atomic mass is 10.3. The molecule has 0 bridgehead atoms. The zero-order chi connectivity index (χ0) is 22.5. The smallest absolute Gasteiger partial charge is 0.319 e. The lowest BCUT2D eigenvalue weighted by molar-refractivity contribution is -0.139. The molecule has 32 heavy (non-hydrogen) atoms. The number of urea groups is 1. The van der Waals surface area contributed by atoms with Crippen LogP contribution in [-0.2, 0) is 16.1 Å². The highest BCUT2D eigenvalue weighted by atomic mass is 32.1. The minimum Gasteiger partial charge on any atom is -0.338 e. The molecule has 1 fully saturated rings. The summed E-state index contributed by atoms with van der Waals surface area (Å²) in [6.07, 6.45) is 0. The first-order chi connectivity index (χ1) is 15.5. The standard InChI is InChI=1S/C22H23N5O4S/c28-19(14-23-22(31)24-16-6-2-1-3-7-16)25-10-12-26(13-11-25)20(29)15-27-21(30)17-8-4-5-9-18(17)32-27/h1-9H,10-15H2,(H2,23,24,31). The largest absolute Gasteiger partial charge is 0.338 e. The molecule has 0 unspecified atom stereocenters. The molecule has 0 aliphatic carbocycles. The van der Waals surface area contributed by atoms with Crippen molar-refractivity contribution in [2.75, 3.05) is 38.0 Å². The number of piperazine rings is 1. The second-order valence-corrected chi connectivity index (χ2v) is 8.43. The molecule has 166 valence electrons. The third-order valence-electron chi connectivity index (χ3n) is 5.25. The number of amides is 4. The Morgan fingerprint density at radius 1 is 0.844 bits per heavy atom. The van der Waals surface area contributed by atoms with Gasteiger partial charge in [0.05, 0.1) is 16.6 Å². The van der Waals surface area contributed by atoms with Crippen LogP contribution in [0.15, 0.2) is 59.4 Å². The number of fused-ring (bicyclic) bond motifs is 1. The summed E-state index contributed by atoms with van der Waals surface area (Å²) < 4.78 is 2.32. The summed E-state index contributed by atoms with van der Waals surface area (Å²) in [4.78, 5) is 52.7. The minimum atomic E-state index is -0.452. The van der Waals surface area contributed by atoms with Crippen molar-refractivity contribution < 1.29 is 14.4 Å². The van der Waals surface area contributed by atoms with Crippen LogP contribution in [0.25, 0.3) is 10.1 Å². The Kier molecular flexibility index (Phi) is 6.50. The van der Waals surface area contributed by atoms with E-state index in [2.05, 4.69) is 10.6 Å². The van der Waals surface area contributed by atoms with E-state index in [0.717, 1.165) is 4.70 Å². The zero-order valence-electron chi connectivity index (χ0n) is 17.3. The molecule has 4 amide bonds. The Morgan fingerprint density at radius 2 is 1.47 bits per heavy atom. The SMILES string of the molecule is O=C(NCC(=O)N1CCN(C(=O)Cn2sc3ccccc3c2=O)CC1)Nc1ccccc1. The molecule has 0 saturated carbocycles. The van der Waals surface area contributed by atoms with Crippen LogP contribution in [0.2, 0.25) is 0 Å². The van der Waals surface area contributed by atoms with Gasteiger partial charge in [-0.2, -0.15) is 0 Å². The van der Waals surface area contributed by atoms with Gasteiger partial charge in [-0.3, -0.25) is 18.3 Å². The number of rotatable bonds is 5. The molecule has 9 nitrogen and oxygen atoms in total. The van der Waals surface area contributed by atoms with Crippen molar-refractivity contribution in [3.05, 3.63) is 65.0 Å². The molecule has 2 N–H and O–H groups in total. The second kappa shape index (κ2) is 9.65. The van der Waals surface area contributed by atoms with Gasteiger partial charge in [-0.1, -0.05) is 41.9 Å². The van der Waals surface area contributed by atoms with Crippen molar-refractivity contribution in [2.24, 2.45) is 0 Å². The fourth-order valence-corrected chi connectivity index (χ4v) is 4.50. The number of para-hydroxylation sites is 1. The van der Waals surface area contributed by atoms with E-state index in [4.69, 9.17) is 0 Å². The maximum atomic E-state index is 12.7. The zero-order valence-corrected chi connectivity index (χ0v) is 18.1. The normalized spacial score (nSPS) is 13.8. The Labute approximate surface area is 188 Å². The third kappa shape index (κ3) is 4.97. The van der Waals surface area contributed by atoms with Crippen LogP contribution in [0.5, 0.6) is 0 Å². The van der Waals surface area contributed by atoms with E-state index < -0.39 is 6.03 Å². The molecule has 10 heteroatoms. The highest BCUT2D eigenvalue weighted by Gasteiger charge is 2.25. The number of anilines is 1. The van der Waals surface area contributed by atoms with Crippen molar-refractivity contribution in [1.29, 1.82) is 0 Å². The Balaban J connectivity index is 1.24. The molecule has 1 saturated heterocycles. The maximum absolute atomic E-state index is 12.7. The van der Waals surface area contributed by atoms with Crippen LogP contribution >= 0.6 is 11.5 Å². The fourth-order valence-electron chi connectivity index (χ4n) is 3.51. The van der Waals surface area contributed by atoms with Gasteiger partial charge in [0.25, 0.3) is 5.56 Å². The van der Waals surface area contributed by atoms with E-state index in [1.54, 1.807) is 46.2 Å². The number of carbonyl (C=O) groups is 3. The van der Waals surface area contributed by atoms with Gasteiger partial charge in [0.1, 0.15) is 6.54 Å². The molecule has 1 aromatic heterocycles. The predicted octanol–water partition coefficient (Wildman–Crippen LogP) is 1.56. The lowest BCUT2D eigenvalue weighted by Gasteiger charge is -2.34. The van der Waals surface area contributed by atoms with Gasteiger partial charge in [-0.25, -0.2) is 4.79 Å². The number of aromatic nitrogens is 1. The van der Waals surface area contributed by atoms with Crippen molar-refractivity contribution in [3.63, 3.8) is 0 Å². The molecule has 0 radical (unpaired) electrons. The molecule has 2 aromatic carbocycles. The van der Waals surface area contributed by atoms with E-state index in [0.29, 0.717) is 37.3 Å². The molecule has 0 atom stereocenters. The van der Waals surface area contributed by atoms with E-state index in [-0.39, 0.29) is 30.5 Å². The summed E-state index contributed by atoms with van der Waals surface area (Å²) in [6.45, 7) is 1.42. The maximum Gasteiger partial charge on any atom is 0.319 e. The quantitative estimate of drug-likeness (QED) is 0.612. The second-order valence-electron chi connectivity index (χ2n) is 7.36. The summed E-state index contributed by atoms with van der Waals surface area (Å²) in [5.41, 5.74) is 0.481. The summed E-state index contributed by atoms with van der Waals surface area (Å²) in [5.74, 6) is -0.354. The Morgan fingerprint density at radius 3 is 2.16 bits per heavy atom. The van der Waals surface area contributed by atoms with Gasteiger partial charge < -0.3 is 20.4 Å². The number of hydrogen-bond donors (Lipinski definition) is 2. The van der Waals surface area contributed by atoms with Crippen molar-refractivity contribution in [1.82, 2.24) is 19.1 Å². The Bertz CT molecular complexity index is 1180. The van der Waals surface area contributed by atoms with Gasteiger partial charge in [0.15, 0.2) is 0 Å². The first kappa shape index (κ1) is 21.6. The average molecular weight is 454 g/mol. The fraction of sp³-hybridized carbons (Fsp3) is 0.273. The van der Waals surface area contributed by atoms with E-state index in [9.17, 15) is 19.2 Å². The first-order valence-corrected chi connectivity index (χ1v) is 11.0. The predicted molar refractivity (Wildman–Crippen MR) is 123 cm³/mol. The number of nitrogens with zero attached hydrogens (tertiary/aromatic N) is 3. The molecular weight excluding hydrogens is 430 g/mol. The monoisotopic (exact) mass is 453 g/mol.